The van der Waals surface area contributed by atoms with Crippen molar-refractivity contribution in [2.75, 3.05) is 37.8 Å². The van der Waals surface area contributed by atoms with Crippen molar-refractivity contribution in [3.8, 4) is 11.8 Å². The first kappa shape index (κ1) is 26.6. The molecule has 4 N–H and O–H groups in total. The van der Waals surface area contributed by atoms with Crippen LogP contribution >= 0.6 is 0 Å². The number of β-amino-alcohol motifs (C(OH)–C–C–N with tert-alkyl or cyclic N) is 1. The Kier molecular flexibility index (Phi) is 7.82. The highest BCUT2D eigenvalue weighted by Crippen LogP contribution is 2.43. The zero-order valence-corrected chi connectivity index (χ0v) is 21.1. The number of likely N-dealkylation sites (tertiary alicyclic amines) is 1. The number of benzene rings is 1. The minimum atomic E-state index is -2.63. The molecule has 1 aliphatic heterocycles. The number of aromatic nitrogens is 2. The smallest absolute Gasteiger partial charge is 0.245 e. The summed E-state index contributed by atoms with van der Waals surface area (Å²) < 4.78 is 32.9. The predicted octanol–water partition coefficient (Wildman–Crippen LogP) is 3.96. The van der Waals surface area contributed by atoms with Crippen LogP contribution in [0.2, 0.25) is 0 Å². The van der Waals surface area contributed by atoms with E-state index < -0.39 is 24.0 Å². The van der Waals surface area contributed by atoms with E-state index in [0.717, 1.165) is 29.8 Å². The lowest BCUT2D eigenvalue weighted by Crippen LogP contribution is -2.51. The molecule has 190 valence electrons. The second kappa shape index (κ2) is 10.3. The highest BCUT2D eigenvalue weighted by Gasteiger charge is 2.36. The molecule has 0 bridgehead atoms. The van der Waals surface area contributed by atoms with E-state index in [1.165, 1.54) is 13.3 Å². The normalized spacial score (nSPS) is 16.5. The Morgan fingerprint density at radius 3 is 2.54 bits per heavy atom. The lowest BCUT2D eigenvalue weighted by atomic mass is 9.82. The number of nitriles is 1. The number of hydrogen-bond acceptors (Lipinski definition) is 8. The molecule has 8 nitrogen and oxygen atoms in total. The Labute approximate surface area is 205 Å². The average Bonchev–Trinajstić information content (AvgIpc) is 2.74. The van der Waals surface area contributed by atoms with Crippen LogP contribution in [-0.4, -0.2) is 58.7 Å². The number of nitrogens with one attached hydrogen (secondary N) is 1. The fourth-order valence-electron chi connectivity index (χ4n) is 4.77. The van der Waals surface area contributed by atoms with E-state index in [9.17, 15) is 19.1 Å². The van der Waals surface area contributed by atoms with Crippen LogP contribution in [0.1, 0.15) is 73.4 Å². The minimum Gasteiger partial charge on any atom is -0.496 e. The number of rotatable bonds is 9. The van der Waals surface area contributed by atoms with E-state index >= 15 is 0 Å². The van der Waals surface area contributed by atoms with Gasteiger partial charge >= 0.3 is 0 Å². The van der Waals surface area contributed by atoms with Crippen molar-refractivity contribution in [3.63, 3.8) is 0 Å². The lowest BCUT2D eigenvalue weighted by Gasteiger charge is -2.43. The van der Waals surface area contributed by atoms with E-state index in [0.29, 0.717) is 17.9 Å². The Hall–Kier alpha value is -3.03. The van der Waals surface area contributed by atoms with Crippen molar-refractivity contribution in [3.05, 3.63) is 40.2 Å². The molecule has 2 heterocycles. The van der Waals surface area contributed by atoms with Crippen LogP contribution in [0.5, 0.6) is 5.75 Å². The number of hydrogen-bond donors (Lipinski definition) is 3. The molecule has 2 aromatic rings. The summed E-state index contributed by atoms with van der Waals surface area (Å²) in [5, 5.41) is 23.1. The van der Waals surface area contributed by atoms with Crippen molar-refractivity contribution in [2.24, 2.45) is 0 Å². The third kappa shape index (κ3) is 5.63. The average molecular weight is 489 g/mol. The number of methoxy groups -OCH3 is 1. The summed E-state index contributed by atoms with van der Waals surface area (Å²) in [6.07, 6.45) is -1.40. The maximum atomic E-state index is 13.5. The summed E-state index contributed by atoms with van der Waals surface area (Å²) in [5.74, 6) is -0.151. The maximum Gasteiger partial charge on any atom is 0.245 e. The number of nitrogen functional groups attached to an aromatic ring is 1. The third-order valence-corrected chi connectivity index (χ3v) is 6.48. The van der Waals surface area contributed by atoms with Crippen molar-refractivity contribution >= 4 is 11.6 Å². The van der Waals surface area contributed by atoms with Gasteiger partial charge in [0.05, 0.1) is 30.4 Å². The molecule has 0 radical (unpaired) electrons. The molecule has 0 spiro atoms. The van der Waals surface area contributed by atoms with E-state index in [2.05, 4.69) is 26.3 Å². The fraction of sp³-hybridized carbons (Fsp3) is 0.560. The molecule has 10 heteroatoms. The SMILES string of the molecule is COc1c(C(C)Nc2ncnc(N)c2C(C)C(F)F)cc(C#N)c(C)c1C1CN(CC(C)(C)O)C1. The summed E-state index contributed by atoms with van der Waals surface area (Å²) in [6, 6.07) is 3.61. The van der Waals surface area contributed by atoms with Gasteiger partial charge in [0, 0.05) is 48.2 Å². The van der Waals surface area contributed by atoms with Gasteiger partial charge in [-0.1, -0.05) is 6.92 Å². The largest absolute Gasteiger partial charge is 0.496 e. The number of anilines is 2. The quantitative estimate of drug-likeness (QED) is 0.485. The van der Waals surface area contributed by atoms with Gasteiger partial charge in [-0.05, 0) is 39.3 Å². The molecule has 1 aliphatic rings. The molecule has 35 heavy (non-hydrogen) atoms. The third-order valence-electron chi connectivity index (χ3n) is 6.48. The van der Waals surface area contributed by atoms with Gasteiger partial charge in [-0.25, -0.2) is 18.7 Å². The van der Waals surface area contributed by atoms with Gasteiger partial charge in [0.2, 0.25) is 6.43 Å². The highest BCUT2D eigenvalue weighted by molar-refractivity contribution is 5.61. The topological polar surface area (TPSA) is 120 Å². The summed E-state index contributed by atoms with van der Waals surface area (Å²) in [4.78, 5) is 10.2. The summed E-state index contributed by atoms with van der Waals surface area (Å²) >= 11 is 0. The lowest BCUT2D eigenvalue weighted by molar-refractivity contribution is 0.00699. The molecule has 1 aromatic carbocycles. The van der Waals surface area contributed by atoms with Crippen molar-refractivity contribution < 1.29 is 18.6 Å². The van der Waals surface area contributed by atoms with Crippen LogP contribution in [0, 0.1) is 18.3 Å². The first-order valence-electron chi connectivity index (χ1n) is 11.6. The molecule has 0 aliphatic carbocycles. The van der Waals surface area contributed by atoms with Crippen LogP contribution in [0.3, 0.4) is 0 Å². The number of alkyl halides is 2. The van der Waals surface area contributed by atoms with Gasteiger partial charge in [0.15, 0.2) is 0 Å². The van der Waals surface area contributed by atoms with Gasteiger partial charge in [-0.2, -0.15) is 5.26 Å². The Bertz CT molecular complexity index is 1110. The number of ether oxygens (including phenoxy) is 1. The van der Waals surface area contributed by atoms with Crippen LogP contribution in [0.4, 0.5) is 20.4 Å². The summed E-state index contributed by atoms with van der Waals surface area (Å²) in [5.41, 5.74) is 8.33. The van der Waals surface area contributed by atoms with Crippen LogP contribution < -0.4 is 15.8 Å². The number of aliphatic hydroxyl groups is 1. The molecule has 2 atom stereocenters. The van der Waals surface area contributed by atoms with Gasteiger partial charge in [-0.15, -0.1) is 0 Å². The second-order valence-electron chi connectivity index (χ2n) is 9.91. The van der Waals surface area contributed by atoms with Gasteiger partial charge < -0.3 is 20.9 Å². The standard InChI is InChI=1S/C25H34F2N6O2/c1-13-16(8-28)7-18(21(35-6)19(13)17-9-33(10-17)11-25(4,5)34)15(3)32-24-20(14(2)22(26)27)23(29)30-12-31-24/h7,12,14-15,17,22,34H,9-11H2,1-6H3,(H3,29,30,31,32). The molecule has 1 aromatic heterocycles. The van der Waals surface area contributed by atoms with Gasteiger partial charge in [-0.3, -0.25) is 4.90 Å². The van der Waals surface area contributed by atoms with Gasteiger partial charge in [0.25, 0.3) is 0 Å². The van der Waals surface area contributed by atoms with Crippen molar-refractivity contribution in [2.45, 2.75) is 64.5 Å². The number of nitrogens with two attached hydrogens (primary N) is 1. The van der Waals surface area contributed by atoms with E-state index in [1.807, 2.05) is 13.8 Å². The van der Waals surface area contributed by atoms with Crippen molar-refractivity contribution in [1.29, 1.82) is 5.26 Å². The second-order valence-corrected chi connectivity index (χ2v) is 9.91. The monoisotopic (exact) mass is 488 g/mol. The fourth-order valence-corrected chi connectivity index (χ4v) is 4.77. The molecule has 0 saturated carbocycles. The Morgan fingerprint density at radius 1 is 1.34 bits per heavy atom. The number of nitrogens with zero attached hydrogens (tertiary/aromatic N) is 4. The first-order valence-corrected chi connectivity index (χ1v) is 11.6. The van der Waals surface area contributed by atoms with E-state index in [1.54, 1.807) is 27.0 Å². The molecular weight excluding hydrogens is 454 g/mol. The summed E-state index contributed by atoms with van der Waals surface area (Å²) in [6.45, 7) is 10.7. The molecule has 1 fully saturated rings. The summed E-state index contributed by atoms with van der Waals surface area (Å²) in [7, 11) is 1.58. The maximum absolute atomic E-state index is 13.5. The molecule has 3 rings (SSSR count). The number of halogens is 2. The molecule has 2 unspecified atom stereocenters. The zero-order chi connectivity index (χ0) is 26.1. The van der Waals surface area contributed by atoms with Gasteiger partial charge in [0.1, 0.15) is 23.7 Å². The molecule has 1 saturated heterocycles. The van der Waals surface area contributed by atoms with Crippen molar-refractivity contribution in [1.82, 2.24) is 14.9 Å². The zero-order valence-electron chi connectivity index (χ0n) is 21.1. The molecule has 0 amide bonds. The predicted molar refractivity (Wildman–Crippen MR) is 131 cm³/mol. The Morgan fingerprint density at radius 2 is 2.00 bits per heavy atom. The highest BCUT2D eigenvalue weighted by atomic mass is 19.3. The van der Waals surface area contributed by atoms with Crippen LogP contribution in [-0.2, 0) is 0 Å². The minimum absolute atomic E-state index is 0.00172. The van der Waals surface area contributed by atoms with E-state index in [4.69, 9.17) is 10.5 Å². The van der Waals surface area contributed by atoms with E-state index in [-0.39, 0.29) is 23.1 Å². The Balaban J connectivity index is 1.99. The van der Waals surface area contributed by atoms with Crippen LogP contribution in [0.25, 0.3) is 0 Å². The first-order chi connectivity index (χ1) is 16.4. The van der Waals surface area contributed by atoms with Crippen LogP contribution in [0.15, 0.2) is 12.4 Å². The molecular formula is C25H34F2N6O2.